The number of carbonyl (C=O) groups excluding carboxylic acids is 2. The number of fused-ring (bicyclic) bond motifs is 1. The number of hydrogen-bond donors (Lipinski definition) is 1. The molecule has 132 valence electrons. The van der Waals surface area contributed by atoms with Gasteiger partial charge in [0.05, 0.1) is 12.2 Å². The Bertz CT molecular complexity index is 913. The molecular weight excluding hydrogens is 330 g/mol. The lowest BCUT2D eigenvalue weighted by atomic mass is 10.1. The molecule has 0 spiro atoms. The largest absolute Gasteiger partial charge is 0.484 e. The van der Waals surface area contributed by atoms with Crippen LogP contribution in [0.3, 0.4) is 0 Å². The van der Waals surface area contributed by atoms with Crippen LogP contribution in [0.5, 0.6) is 5.75 Å². The number of carbonyl (C=O) groups is 2. The number of nitrogens with one attached hydrogen (secondary N) is 1. The molecule has 0 aliphatic rings. The Labute approximate surface area is 151 Å². The molecule has 0 aliphatic carbocycles. The number of anilines is 1. The number of amides is 1. The van der Waals surface area contributed by atoms with E-state index < -0.39 is 0 Å². The third-order valence-corrected chi connectivity index (χ3v) is 3.80. The van der Waals surface area contributed by atoms with Gasteiger partial charge < -0.3 is 14.8 Å². The highest BCUT2D eigenvalue weighted by Gasteiger charge is 2.08. The highest BCUT2D eigenvalue weighted by atomic mass is 16.5. The van der Waals surface area contributed by atoms with Crippen LogP contribution < -0.4 is 10.1 Å². The van der Waals surface area contributed by atoms with E-state index >= 15 is 0 Å². The molecule has 0 heterocycles. The molecule has 0 radical (unpaired) electrons. The van der Waals surface area contributed by atoms with Crippen molar-refractivity contribution in [1.82, 2.24) is 0 Å². The van der Waals surface area contributed by atoms with Crippen molar-refractivity contribution in [3.63, 3.8) is 0 Å². The van der Waals surface area contributed by atoms with Crippen molar-refractivity contribution in [2.75, 3.05) is 18.5 Å². The van der Waals surface area contributed by atoms with Crippen LogP contribution in [-0.4, -0.2) is 25.1 Å². The zero-order chi connectivity index (χ0) is 18.4. The zero-order valence-electron chi connectivity index (χ0n) is 14.4. The molecule has 3 aromatic carbocycles. The summed E-state index contributed by atoms with van der Waals surface area (Å²) in [4.78, 5) is 23.8. The van der Waals surface area contributed by atoms with Gasteiger partial charge in [-0.2, -0.15) is 0 Å². The third kappa shape index (κ3) is 4.19. The van der Waals surface area contributed by atoms with Crippen molar-refractivity contribution in [2.24, 2.45) is 0 Å². The summed E-state index contributed by atoms with van der Waals surface area (Å²) in [6.07, 6.45) is 0. The second-order valence-corrected chi connectivity index (χ2v) is 5.61. The molecule has 26 heavy (non-hydrogen) atoms. The molecule has 5 heteroatoms. The molecule has 0 fully saturated rings. The van der Waals surface area contributed by atoms with Gasteiger partial charge in [-0.3, -0.25) is 4.79 Å². The Morgan fingerprint density at radius 2 is 1.65 bits per heavy atom. The Hall–Kier alpha value is -3.34. The van der Waals surface area contributed by atoms with E-state index in [9.17, 15) is 9.59 Å². The monoisotopic (exact) mass is 349 g/mol. The van der Waals surface area contributed by atoms with E-state index in [2.05, 4.69) is 5.32 Å². The number of benzene rings is 3. The van der Waals surface area contributed by atoms with Gasteiger partial charge in [0.2, 0.25) is 0 Å². The summed E-state index contributed by atoms with van der Waals surface area (Å²) in [5.41, 5.74) is 1.19. The van der Waals surface area contributed by atoms with Crippen LogP contribution in [0.2, 0.25) is 0 Å². The fourth-order valence-electron chi connectivity index (χ4n) is 2.57. The highest BCUT2D eigenvalue weighted by Crippen LogP contribution is 2.23. The summed E-state index contributed by atoms with van der Waals surface area (Å²) in [5, 5.41) is 4.89. The summed E-state index contributed by atoms with van der Waals surface area (Å²) in [5.74, 6) is -0.130. The van der Waals surface area contributed by atoms with E-state index in [1.807, 2.05) is 42.5 Å². The van der Waals surface area contributed by atoms with E-state index in [0.29, 0.717) is 17.9 Å². The van der Waals surface area contributed by atoms with E-state index in [0.717, 1.165) is 16.5 Å². The topological polar surface area (TPSA) is 64.6 Å². The highest BCUT2D eigenvalue weighted by molar-refractivity contribution is 6.02. The van der Waals surface area contributed by atoms with Gasteiger partial charge in [-0.25, -0.2) is 4.79 Å². The molecule has 0 aliphatic heterocycles. The van der Waals surface area contributed by atoms with E-state index in [1.165, 1.54) is 0 Å². The van der Waals surface area contributed by atoms with Crippen LogP contribution in [-0.2, 0) is 9.53 Å². The average Bonchev–Trinajstić information content (AvgIpc) is 2.67. The van der Waals surface area contributed by atoms with Gasteiger partial charge >= 0.3 is 5.97 Å². The van der Waals surface area contributed by atoms with Gasteiger partial charge in [0.25, 0.3) is 5.91 Å². The van der Waals surface area contributed by atoms with Crippen LogP contribution in [0.25, 0.3) is 10.8 Å². The predicted molar refractivity (Wildman–Crippen MR) is 100 cm³/mol. The molecule has 0 saturated carbocycles. The first-order chi connectivity index (χ1) is 12.7. The van der Waals surface area contributed by atoms with Crippen LogP contribution in [0.4, 0.5) is 5.69 Å². The molecule has 1 N–H and O–H groups in total. The van der Waals surface area contributed by atoms with Gasteiger partial charge in [-0.1, -0.05) is 36.4 Å². The number of rotatable bonds is 6. The SMILES string of the molecule is CCOC(=O)c1ccc(OCC(=O)Nc2cccc3ccccc23)cc1. The molecule has 0 unspecified atom stereocenters. The molecular formula is C21H19NO4. The van der Waals surface area contributed by atoms with Crippen LogP contribution in [0.15, 0.2) is 66.7 Å². The van der Waals surface area contributed by atoms with Gasteiger partial charge in [0.15, 0.2) is 6.61 Å². The minimum absolute atomic E-state index is 0.123. The van der Waals surface area contributed by atoms with Gasteiger partial charge in [-0.15, -0.1) is 0 Å². The first kappa shape index (κ1) is 17.5. The molecule has 0 atom stereocenters. The standard InChI is InChI=1S/C21H19NO4/c1-2-25-21(24)16-10-12-17(13-11-16)26-14-20(23)22-19-9-5-7-15-6-3-4-8-18(15)19/h3-13H,2,14H2,1H3,(H,22,23). The summed E-state index contributed by atoms with van der Waals surface area (Å²) >= 11 is 0. The fourth-order valence-corrected chi connectivity index (χ4v) is 2.57. The Morgan fingerprint density at radius 1 is 0.923 bits per heavy atom. The molecule has 0 bridgehead atoms. The second-order valence-electron chi connectivity index (χ2n) is 5.61. The third-order valence-electron chi connectivity index (χ3n) is 3.80. The molecule has 1 amide bonds. The smallest absolute Gasteiger partial charge is 0.338 e. The van der Waals surface area contributed by atoms with Gasteiger partial charge in [0, 0.05) is 11.1 Å². The minimum atomic E-state index is -0.382. The number of esters is 1. The van der Waals surface area contributed by atoms with Crippen LogP contribution in [0.1, 0.15) is 17.3 Å². The fraction of sp³-hybridized carbons (Fsp3) is 0.143. The molecule has 3 aromatic rings. The predicted octanol–water partition coefficient (Wildman–Crippen LogP) is 4.03. The van der Waals surface area contributed by atoms with Crippen molar-refractivity contribution in [3.8, 4) is 5.75 Å². The Kier molecular flexibility index (Phi) is 5.49. The lowest BCUT2D eigenvalue weighted by Crippen LogP contribution is -2.20. The second kappa shape index (κ2) is 8.16. The molecule has 3 rings (SSSR count). The maximum atomic E-state index is 12.2. The van der Waals surface area contributed by atoms with Crippen molar-refractivity contribution in [3.05, 3.63) is 72.3 Å². The molecule has 5 nitrogen and oxygen atoms in total. The van der Waals surface area contributed by atoms with E-state index in [1.54, 1.807) is 31.2 Å². The van der Waals surface area contributed by atoms with Crippen molar-refractivity contribution < 1.29 is 19.1 Å². The minimum Gasteiger partial charge on any atom is -0.484 e. The van der Waals surface area contributed by atoms with E-state index in [-0.39, 0.29) is 18.5 Å². The quantitative estimate of drug-likeness (QED) is 0.682. The Morgan fingerprint density at radius 3 is 2.42 bits per heavy atom. The Balaban J connectivity index is 1.59. The first-order valence-corrected chi connectivity index (χ1v) is 8.35. The maximum Gasteiger partial charge on any atom is 0.338 e. The first-order valence-electron chi connectivity index (χ1n) is 8.35. The van der Waals surface area contributed by atoms with Crippen molar-refractivity contribution in [2.45, 2.75) is 6.92 Å². The van der Waals surface area contributed by atoms with E-state index in [4.69, 9.17) is 9.47 Å². The normalized spacial score (nSPS) is 10.3. The summed E-state index contributed by atoms with van der Waals surface area (Å²) < 4.78 is 10.4. The van der Waals surface area contributed by atoms with Gasteiger partial charge in [0.1, 0.15) is 5.75 Å². The number of ether oxygens (including phenoxy) is 2. The molecule has 0 saturated heterocycles. The van der Waals surface area contributed by atoms with Gasteiger partial charge in [-0.05, 0) is 42.6 Å². The lowest BCUT2D eigenvalue weighted by molar-refractivity contribution is -0.118. The van der Waals surface area contributed by atoms with Crippen LogP contribution >= 0.6 is 0 Å². The average molecular weight is 349 g/mol. The lowest BCUT2D eigenvalue weighted by Gasteiger charge is -2.10. The number of hydrogen-bond acceptors (Lipinski definition) is 4. The summed E-state index contributed by atoms with van der Waals surface area (Å²) in [6.45, 7) is 1.96. The molecule has 0 aromatic heterocycles. The summed E-state index contributed by atoms with van der Waals surface area (Å²) in [6, 6.07) is 20.1. The maximum absolute atomic E-state index is 12.2. The van der Waals surface area contributed by atoms with Crippen LogP contribution in [0, 0.1) is 0 Å². The van der Waals surface area contributed by atoms with Crippen molar-refractivity contribution >= 4 is 28.3 Å². The summed E-state index contributed by atoms with van der Waals surface area (Å²) in [7, 11) is 0. The zero-order valence-corrected chi connectivity index (χ0v) is 14.4. The van der Waals surface area contributed by atoms with Crippen molar-refractivity contribution in [1.29, 1.82) is 0 Å².